The molecule has 5 heteroatoms. The van der Waals surface area contributed by atoms with E-state index in [1.54, 1.807) is 36.4 Å². The molecule has 90 valence electrons. The van der Waals surface area contributed by atoms with E-state index in [1.807, 2.05) is 0 Å². The predicted molar refractivity (Wildman–Crippen MR) is 64.4 cm³/mol. The van der Waals surface area contributed by atoms with Gasteiger partial charge in [0.2, 0.25) is 0 Å². The number of aromatic carboxylic acids is 1. The van der Waals surface area contributed by atoms with E-state index in [1.165, 1.54) is 6.07 Å². The Hall–Kier alpha value is -2.02. The standard InChI is InChI=1S/C14H9O4.Li/c15-9-18-13-8-4-3-6-11(13)10-5-1-2-7-12(10)14(16)17;/h1-7,9H,(H,16,17);/q-1;+1. The number of carboxylic acid groups (broad SMARTS) is 1. The van der Waals surface area contributed by atoms with Gasteiger partial charge in [0.1, 0.15) is 0 Å². The van der Waals surface area contributed by atoms with Gasteiger partial charge in [-0.3, -0.25) is 4.79 Å². The van der Waals surface area contributed by atoms with E-state index in [9.17, 15) is 9.59 Å². The third-order valence-corrected chi connectivity index (χ3v) is 2.43. The smallest absolute Gasteiger partial charge is 0.478 e. The monoisotopic (exact) mass is 248 g/mol. The van der Waals surface area contributed by atoms with Gasteiger partial charge in [-0.15, -0.1) is 6.07 Å². The SMILES string of the molecule is O=COc1[c-]cccc1-c1ccccc1C(=O)O.[Li+]. The van der Waals surface area contributed by atoms with Crippen molar-refractivity contribution in [3.8, 4) is 16.9 Å². The van der Waals surface area contributed by atoms with Gasteiger partial charge in [-0.2, -0.15) is 18.2 Å². The molecular formula is C14H9LiO4. The van der Waals surface area contributed by atoms with Gasteiger partial charge in [-0.25, -0.2) is 4.79 Å². The number of hydrogen-bond donors (Lipinski definition) is 1. The minimum atomic E-state index is -1.04. The van der Waals surface area contributed by atoms with E-state index in [-0.39, 0.29) is 30.2 Å². The van der Waals surface area contributed by atoms with Gasteiger partial charge in [-0.05, 0) is 6.07 Å². The van der Waals surface area contributed by atoms with Crippen LogP contribution in [-0.2, 0) is 4.79 Å². The first-order chi connectivity index (χ1) is 8.74. The molecule has 0 saturated carbocycles. The normalized spacial score (nSPS) is 9.26. The van der Waals surface area contributed by atoms with E-state index in [4.69, 9.17) is 9.84 Å². The molecule has 2 rings (SSSR count). The maximum atomic E-state index is 11.1. The summed E-state index contributed by atoms with van der Waals surface area (Å²) in [6.45, 7) is 0.290. The number of para-hydroxylation sites is 1. The van der Waals surface area contributed by atoms with E-state index in [2.05, 4.69) is 6.07 Å². The van der Waals surface area contributed by atoms with Gasteiger partial charge in [-0.1, -0.05) is 29.3 Å². The molecule has 2 aromatic rings. The Bertz CT molecular complexity index is 596. The Kier molecular flexibility index (Phi) is 5.37. The molecule has 4 nitrogen and oxygen atoms in total. The van der Waals surface area contributed by atoms with E-state index in [0.717, 1.165) is 0 Å². The zero-order valence-corrected chi connectivity index (χ0v) is 10.3. The third-order valence-electron chi connectivity index (χ3n) is 2.43. The van der Waals surface area contributed by atoms with Crippen LogP contribution in [0.15, 0.2) is 42.5 Å². The number of carbonyl (C=O) groups excluding carboxylic acids is 1. The van der Waals surface area contributed by atoms with Crippen molar-refractivity contribution in [2.45, 2.75) is 0 Å². The molecule has 0 saturated heterocycles. The van der Waals surface area contributed by atoms with Crippen LogP contribution in [0, 0.1) is 6.07 Å². The molecule has 19 heavy (non-hydrogen) atoms. The average molecular weight is 248 g/mol. The second-order valence-electron chi connectivity index (χ2n) is 3.48. The molecule has 0 aliphatic carbocycles. The van der Waals surface area contributed by atoms with Crippen molar-refractivity contribution in [2.24, 2.45) is 0 Å². The molecule has 0 atom stereocenters. The summed E-state index contributed by atoms with van der Waals surface area (Å²) in [7, 11) is 0. The fourth-order valence-corrected chi connectivity index (χ4v) is 1.68. The first-order valence-electron chi connectivity index (χ1n) is 5.17. The van der Waals surface area contributed by atoms with E-state index in [0.29, 0.717) is 17.6 Å². The summed E-state index contributed by atoms with van der Waals surface area (Å²) in [4.78, 5) is 21.6. The van der Waals surface area contributed by atoms with Crippen molar-refractivity contribution in [3.63, 3.8) is 0 Å². The maximum absolute atomic E-state index is 11.1. The Balaban J connectivity index is 0.00000180. The largest absolute Gasteiger partial charge is 1.00 e. The fraction of sp³-hybridized carbons (Fsp3) is 0. The first kappa shape index (κ1) is 15.0. The van der Waals surface area contributed by atoms with Crippen LogP contribution in [0.2, 0.25) is 0 Å². The minimum Gasteiger partial charge on any atom is -0.478 e. The van der Waals surface area contributed by atoms with Gasteiger partial charge in [0.15, 0.2) is 0 Å². The van der Waals surface area contributed by atoms with Crippen molar-refractivity contribution >= 4 is 12.4 Å². The molecule has 0 aliphatic heterocycles. The predicted octanol–water partition coefficient (Wildman–Crippen LogP) is -0.609. The number of ether oxygens (including phenoxy) is 1. The molecule has 1 N–H and O–H groups in total. The summed E-state index contributed by atoms with van der Waals surface area (Å²) in [6.07, 6.45) is 0. The van der Waals surface area contributed by atoms with Gasteiger partial charge in [0.05, 0.1) is 5.56 Å². The molecule has 0 spiro atoms. The molecule has 0 heterocycles. The van der Waals surface area contributed by atoms with Crippen LogP contribution in [0.4, 0.5) is 0 Å². The topological polar surface area (TPSA) is 63.6 Å². The summed E-state index contributed by atoms with van der Waals surface area (Å²) >= 11 is 0. The van der Waals surface area contributed by atoms with Crippen LogP contribution < -0.4 is 23.6 Å². The van der Waals surface area contributed by atoms with E-state index < -0.39 is 5.97 Å². The van der Waals surface area contributed by atoms with Gasteiger partial charge >= 0.3 is 24.8 Å². The summed E-state index contributed by atoms with van der Waals surface area (Å²) in [5.41, 5.74) is 1.15. The molecule has 0 unspecified atom stereocenters. The maximum Gasteiger partial charge on any atom is 1.00 e. The average Bonchev–Trinajstić information content (AvgIpc) is 2.40. The van der Waals surface area contributed by atoms with Crippen molar-refractivity contribution in [1.29, 1.82) is 0 Å². The summed E-state index contributed by atoms with van der Waals surface area (Å²) in [6, 6.07) is 14.2. The van der Waals surface area contributed by atoms with Gasteiger partial charge in [0, 0.05) is 5.75 Å². The molecule has 0 aliphatic rings. The van der Waals surface area contributed by atoms with Crippen LogP contribution in [0.5, 0.6) is 5.75 Å². The summed E-state index contributed by atoms with van der Waals surface area (Å²) in [5, 5.41) is 9.13. The van der Waals surface area contributed by atoms with Crippen molar-refractivity contribution in [2.75, 3.05) is 0 Å². The van der Waals surface area contributed by atoms with Crippen LogP contribution in [-0.4, -0.2) is 17.5 Å². The fourth-order valence-electron chi connectivity index (χ4n) is 1.68. The third kappa shape index (κ3) is 3.25. The molecule has 0 amide bonds. The number of hydrogen-bond acceptors (Lipinski definition) is 3. The Morgan fingerprint density at radius 3 is 2.53 bits per heavy atom. The minimum absolute atomic E-state index is 0. The number of carboxylic acids is 1. The van der Waals surface area contributed by atoms with Crippen molar-refractivity contribution in [3.05, 3.63) is 54.1 Å². The van der Waals surface area contributed by atoms with Crippen LogP contribution in [0.3, 0.4) is 0 Å². The summed E-state index contributed by atoms with van der Waals surface area (Å²) in [5.74, 6) is -0.826. The second-order valence-corrected chi connectivity index (χ2v) is 3.48. The summed E-state index contributed by atoms with van der Waals surface area (Å²) < 4.78 is 4.80. The second kappa shape index (κ2) is 6.79. The zero-order valence-electron chi connectivity index (χ0n) is 10.3. The van der Waals surface area contributed by atoms with Crippen LogP contribution in [0.25, 0.3) is 11.1 Å². The molecule has 2 aromatic carbocycles. The van der Waals surface area contributed by atoms with Gasteiger partial charge in [0.25, 0.3) is 6.47 Å². The molecule has 0 radical (unpaired) electrons. The Morgan fingerprint density at radius 2 is 1.84 bits per heavy atom. The van der Waals surface area contributed by atoms with Crippen molar-refractivity contribution < 1.29 is 38.3 Å². The Labute approximate surface area is 122 Å². The first-order valence-corrected chi connectivity index (χ1v) is 5.17. The number of benzene rings is 2. The zero-order chi connectivity index (χ0) is 13.0. The Morgan fingerprint density at radius 1 is 1.16 bits per heavy atom. The van der Waals surface area contributed by atoms with Crippen LogP contribution in [0.1, 0.15) is 10.4 Å². The molecule has 0 aromatic heterocycles. The van der Waals surface area contributed by atoms with Crippen molar-refractivity contribution in [1.82, 2.24) is 0 Å². The molecular weight excluding hydrogens is 239 g/mol. The van der Waals surface area contributed by atoms with Crippen LogP contribution >= 0.6 is 0 Å². The molecule has 0 bridgehead atoms. The number of rotatable bonds is 4. The van der Waals surface area contributed by atoms with E-state index >= 15 is 0 Å². The quantitative estimate of drug-likeness (QED) is 0.445. The number of carbonyl (C=O) groups is 2. The molecule has 0 fully saturated rings. The van der Waals surface area contributed by atoms with Gasteiger partial charge < -0.3 is 9.84 Å².